The van der Waals surface area contributed by atoms with Gasteiger partial charge in [-0.3, -0.25) is 0 Å². The van der Waals surface area contributed by atoms with Gasteiger partial charge in [0.15, 0.2) is 0 Å². The number of carboxylic acid groups (broad SMARTS) is 2. The molecule has 0 saturated heterocycles. The molecule has 4 N–H and O–H groups in total. The molecule has 0 amide bonds. The Bertz CT molecular complexity index is 633. The van der Waals surface area contributed by atoms with Crippen molar-refractivity contribution in [3.8, 4) is 0 Å². The van der Waals surface area contributed by atoms with Crippen LogP contribution in [-0.2, 0) is 0 Å². The smallest absolute Gasteiger partial charge is 0.335 e. The summed E-state index contributed by atoms with van der Waals surface area (Å²) in [6.07, 6.45) is 1.62. The molecule has 2 unspecified atom stereocenters. The number of rotatable bonds is 6. The fourth-order valence-corrected chi connectivity index (χ4v) is 2.27. The van der Waals surface area contributed by atoms with E-state index >= 15 is 0 Å². The number of carbonyl (C=O) groups is 2. The third-order valence-corrected chi connectivity index (χ3v) is 3.90. The van der Waals surface area contributed by atoms with Crippen molar-refractivity contribution in [1.82, 2.24) is 0 Å². The van der Waals surface area contributed by atoms with Crippen molar-refractivity contribution in [1.29, 1.82) is 0 Å². The van der Waals surface area contributed by atoms with Crippen molar-refractivity contribution in [2.24, 2.45) is 0 Å². The molecule has 0 spiro atoms. The molecule has 0 fully saturated rings. The first-order chi connectivity index (χ1) is 13.2. The zero-order chi connectivity index (χ0) is 21.6. The van der Waals surface area contributed by atoms with Gasteiger partial charge in [-0.15, -0.1) is 0 Å². The van der Waals surface area contributed by atoms with Gasteiger partial charge in [-0.1, -0.05) is 56.7 Å². The molecule has 0 bridgehead atoms. The van der Waals surface area contributed by atoms with Crippen LogP contribution in [0.25, 0.3) is 0 Å². The van der Waals surface area contributed by atoms with Gasteiger partial charge >= 0.3 is 11.9 Å². The number of hydrogen-bond acceptors (Lipinski definition) is 4. The first-order valence-corrected chi connectivity index (χ1v) is 9.12. The molecular formula is C22H30O6. The lowest BCUT2D eigenvalue weighted by Gasteiger charge is -2.27. The third kappa shape index (κ3) is 10.4. The van der Waals surface area contributed by atoms with Crippen molar-refractivity contribution in [3.63, 3.8) is 0 Å². The molecular weight excluding hydrogens is 360 g/mol. The molecule has 2 aromatic carbocycles. The first-order valence-electron chi connectivity index (χ1n) is 9.12. The minimum absolute atomic E-state index is 0.331. The van der Waals surface area contributed by atoms with E-state index in [9.17, 15) is 19.8 Å². The minimum atomic E-state index is -0.885. The lowest BCUT2D eigenvalue weighted by molar-refractivity contribution is -0.0682. The molecule has 2 aromatic rings. The van der Waals surface area contributed by atoms with Crippen LogP contribution in [0.1, 0.15) is 60.7 Å². The van der Waals surface area contributed by atoms with Crippen LogP contribution < -0.4 is 0 Å². The molecule has 2 rings (SSSR count). The summed E-state index contributed by atoms with van der Waals surface area (Å²) >= 11 is 0. The lowest BCUT2D eigenvalue weighted by atomic mass is 9.92. The molecule has 0 aromatic heterocycles. The van der Waals surface area contributed by atoms with Crippen molar-refractivity contribution in [2.75, 3.05) is 0 Å². The van der Waals surface area contributed by atoms with Gasteiger partial charge in [-0.25, -0.2) is 9.59 Å². The van der Waals surface area contributed by atoms with E-state index in [0.29, 0.717) is 24.0 Å². The molecule has 0 heterocycles. The molecule has 0 aliphatic rings. The number of carboxylic acids is 2. The number of aliphatic hydroxyl groups excluding tert-OH is 1. The van der Waals surface area contributed by atoms with Gasteiger partial charge in [-0.2, -0.15) is 0 Å². The van der Waals surface area contributed by atoms with E-state index in [0.717, 1.165) is 6.42 Å². The molecule has 0 radical (unpaired) electrons. The summed E-state index contributed by atoms with van der Waals surface area (Å²) in [6, 6.07) is 16.6. The standard InChI is InChI=1S/C8H18O2.2C7H6O2/c1-4-6-8(3,10)7(9)5-2;2*8-7(9)6-4-2-1-3-5-6/h7,9-10H,4-6H2,1-3H3;2*1-5H,(H,8,9). The average Bonchev–Trinajstić information content (AvgIpc) is 2.69. The highest BCUT2D eigenvalue weighted by Crippen LogP contribution is 2.18. The maximum Gasteiger partial charge on any atom is 0.335 e. The SMILES string of the molecule is CCCC(C)(O)C(O)CC.O=C(O)c1ccccc1.O=C(O)c1ccccc1. The Morgan fingerprint density at radius 2 is 1.21 bits per heavy atom. The second-order valence-electron chi connectivity index (χ2n) is 6.37. The number of aliphatic hydroxyl groups is 2. The molecule has 2 atom stereocenters. The highest BCUT2D eigenvalue weighted by Gasteiger charge is 2.27. The second-order valence-corrected chi connectivity index (χ2v) is 6.37. The van der Waals surface area contributed by atoms with E-state index in [1.807, 2.05) is 13.8 Å². The van der Waals surface area contributed by atoms with Crippen molar-refractivity contribution < 1.29 is 30.0 Å². The average molecular weight is 390 g/mol. The van der Waals surface area contributed by atoms with E-state index in [2.05, 4.69) is 0 Å². The Labute approximate surface area is 166 Å². The Kier molecular flexibility index (Phi) is 12.2. The van der Waals surface area contributed by atoms with E-state index in [1.165, 1.54) is 0 Å². The summed E-state index contributed by atoms with van der Waals surface area (Å²) in [5.41, 5.74) is -0.223. The maximum atomic E-state index is 10.2. The third-order valence-electron chi connectivity index (χ3n) is 3.90. The summed E-state index contributed by atoms with van der Waals surface area (Å²) in [7, 11) is 0. The van der Waals surface area contributed by atoms with Gasteiger partial charge in [-0.05, 0) is 44.0 Å². The Hall–Kier alpha value is -2.70. The monoisotopic (exact) mass is 390 g/mol. The van der Waals surface area contributed by atoms with Gasteiger partial charge in [0.1, 0.15) is 0 Å². The van der Waals surface area contributed by atoms with Gasteiger partial charge in [0.25, 0.3) is 0 Å². The first kappa shape index (κ1) is 25.3. The minimum Gasteiger partial charge on any atom is -0.478 e. The molecule has 6 nitrogen and oxygen atoms in total. The highest BCUT2D eigenvalue weighted by molar-refractivity contribution is 5.87. The van der Waals surface area contributed by atoms with Gasteiger partial charge in [0.05, 0.1) is 22.8 Å². The van der Waals surface area contributed by atoms with E-state index < -0.39 is 23.6 Å². The van der Waals surface area contributed by atoms with Crippen LogP contribution >= 0.6 is 0 Å². The Morgan fingerprint density at radius 1 is 0.857 bits per heavy atom. The molecule has 154 valence electrons. The number of benzene rings is 2. The summed E-state index contributed by atoms with van der Waals surface area (Å²) in [5, 5.41) is 35.6. The van der Waals surface area contributed by atoms with E-state index in [1.54, 1.807) is 67.6 Å². The van der Waals surface area contributed by atoms with Crippen LogP contribution in [0, 0.1) is 0 Å². The molecule has 0 aliphatic heterocycles. The van der Waals surface area contributed by atoms with Gasteiger partial charge in [0, 0.05) is 0 Å². The predicted octanol–water partition coefficient (Wildman–Crippen LogP) is 4.08. The fraction of sp³-hybridized carbons (Fsp3) is 0.364. The van der Waals surface area contributed by atoms with Crippen LogP contribution in [0.5, 0.6) is 0 Å². The number of hydrogen-bond donors (Lipinski definition) is 4. The molecule has 28 heavy (non-hydrogen) atoms. The highest BCUT2D eigenvalue weighted by atomic mass is 16.4. The summed E-state index contributed by atoms with van der Waals surface area (Å²) in [6.45, 7) is 5.55. The maximum absolute atomic E-state index is 10.2. The molecule has 0 saturated carbocycles. The van der Waals surface area contributed by atoms with Crippen LogP contribution in [0.15, 0.2) is 60.7 Å². The normalized spacial score (nSPS) is 12.9. The molecule has 0 aliphatic carbocycles. The van der Waals surface area contributed by atoms with Crippen LogP contribution in [0.3, 0.4) is 0 Å². The second kappa shape index (κ2) is 13.5. The van der Waals surface area contributed by atoms with Gasteiger partial charge < -0.3 is 20.4 Å². The topological polar surface area (TPSA) is 115 Å². The Balaban J connectivity index is 0.000000391. The summed E-state index contributed by atoms with van der Waals surface area (Å²) in [4.78, 5) is 20.4. The largest absolute Gasteiger partial charge is 0.478 e. The van der Waals surface area contributed by atoms with Crippen LogP contribution in [0.2, 0.25) is 0 Å². The fourth-order valence-electron chi connectivity index (χ4n) is 2.27. The number of aromatic carboxylic acids is 2. The van der Waals surface area contributed by atoms with Gasteiger partial charge in [0.2, 0.25) is 0 Å². The van der Waals surface area contributed by atoms with Crippen molar-refractivity contribution >= 4 is 11.9 Å². The van der Waals surface area contributed by atoms with Crippen molar-refractivity contribution in [3.05, 3.63) is 71.8 Å². The summed E-state index contributed by atoms with van der Waals surface area (Å²) < 4.78 is 0. The quantitative estimate of drug-likeness (QED) is 0.591. The van der Waals surface area contributed by atoms with E-state index in [4.69, 9.17) is 10.2 Å². The molecule has 6 heteroatoms. The summed E-state index contributed by atoms with van der Waals surface area (Å²) in [5.74, 6) is -1.76. The van der Waals surface area contributed by atoms with Crippen LogP contribution in [0.4, 0.5) is 0 Å². The zero-order valence-corrected chi connectivity index (χ0v) is 16.6. The zero-order valence-electron chi connectivity index (χ0n) is 16.6. The lowest BCUT2D eigenvalue weighted by Crippen LogP contribution is -2.38. The Morgan fingerprint density at radius 3 is 1.43 bits per heavy atom. The predicted molar refractivity (Wildman–Crippen MR) is 109 cm³/mol. The van der Waals surface area contributed by atoms with Crippen LogP contribution in [-0.4, -0.2) is 44.1 Å². The van der Waals surface area contributed by atoms with E-state index in [-0.39, 0.29) is 0 Å². The van der Waals surface area contributed by atoms with Crippen molar-refractivity contribution in [2.45, 2.75) is 51.7 Å².